The third-order valence-corrected chi connectivity index (χ3v) is 7.86. The van der Waals surface area contributed by atoms with Crippen LogP contribution in [0.2, 0.25) is 10.0 Å². The van der Waals surface area contributed by atoms with E-state index in [1.54, 1.807) is 22.8 Å². The summed E-state index contributed by atoms with van der Waals surface area (Å²) in [5, 5.41) is 4.59. The van der Waals surface area contributed by atoms with Crippen LogP contribution in [0.1, 0.15) is 11.1 Å². The summed E-state index contributed by atoms with van der Waals surface area (Å²) >= 11 is 12.3. The smallest absolute Gasteiger partial charge is 0.261 e. The van der Waals surface area contributed by atoms with Crippen molar-refractivity contribution in [3.8, 4) is 11.1 Å². The van der Waals surface area contributed by atoms with Crippen LogP contribution in [0.5, 0.6) is 0 Å². The number of benzene rings is 3. The third kappa shape index (κ3) is 3.72. The molecule has 0 aliphatic carbocycles. The Balaban J connectivity index is 1.75. The average Bonchev–Trinajstić information content (AvgIpc) is 3.21. The molecule has 0 bridgehead atoms. The molecule has 0 atom stereocenters. The van der Waals surface area contributed by atoms with E-state index in [4.69, 9.17) is 23.2 Å². The molecule has 0 unspecified atom stereocenters. The molecule has 1 aliphatic rings. The zero-order valence-electron chi connectivity index (χ0n) is 18.1. The second kappa shape index (κ2) is 8.31. The largest absolute Gasteiger partial charge is 0.368 e. The number of halogens is 2. The molecule has 0 saturated carbocycles. The van der Waals surface area contributed by atoms with Crippen molar-refractivity contribution in [3.05, 3.63) is 116 Å². The van der Waals surface area contributed by atoms with Gasteiger partial charge in [-0.15, -0.1) is 0 Å². The van der Waals surface area contributed by atoms with Crippen molar-refractivity contribution in [2.24, 2.45) is 0 Å². The van der Waals surface area contributed by atoms with Crippen LogP contribution >= 0.6 is 23.2 Å². The topological polar surface area (TPSA) is 68.2 Å². The Labute approximate surface area is 207 Å². The summed E-state index contributed by atoms with van der Waals surface area (Å²) in [6.07, 6.45) is 1.16. The van der Waals surface area contributed by atoms with Crippen molar-refractivity contribution in [2.75, 3.05) is 18.1 Å². The number of rotatable bonds is 4. The van der Waals surface area contributed by atoms with E-state index < -0.39 is 15.4 Å². The first-order chi connectivity index (χ1) is 16.2. The molecule has 0 spiro atoms. The second-order valence-corrected chi connectivity index (χ2v) is 11.2. The summed E-state index contributed by atoms with van der Waals surface area (Å²) in [6, 6.07) is 24.9. The predicted octanol–water partition coefficient (Wildman–Crippen LogP) is 5.44. The van der Waals surface area contributed by atoms with Crippen LogP contribution in [0.3, 0.4) is 0 Å². The SMILES string of the molecule is CS(=O)(=O)c1ccc(-c2ccc3n(c2=O)C(c2ccc(Cl)cc2)(c2ccc(Cl)cc2)CN3)cc1. The normalized spacial score (nSPS) is 14.4. The van der Waals surface area contributed by atoms with Crippen molar-refractivity contribution in [1.29, 1.82) is 0 Å². The number of fused-ring (bicyclic) bond motifs is 1. The lowest BCUT2D eigenvalue weighted by Gasteiger charge is -2.32. The van der Waals surface area contributed by atoms with E-state index in [1.165, 1.54) is 12.1 Å². The van der Waals surface area contributed by atoms with Crippen LogP contribution < -0.4 is 10.9 Å². The number of nitrogens with one attached hydrogen (secondary N) is 1. The lowest BCUT2D eigenvalue weighted by atomic mass is 9.83. The first-order valence-electron chi connectivity index (χ1n) is 10.5. The molecule has 8 heteroatoms. The van der Waals surface area contributed by atoms with Gasteiger partial charge in [-0.25, -0.2) is 8.42 Å². The molecule has 3 aromatic carbocycles. The lowest BCUT2D eigenvalue weighted by molar-refractivity contribution is 0.485. The van der Waals surface area contributed by atoms with Crippen LogP contribution in [-0.2, 0) is 15.4 Å². The number of nitrogens with zero attached hydrogens (tertiary/aromatic N) is 1. The molecule has 4 aromatic rings. The highest BCUT2D eigenvalue weighted by molar-refractivity contribution is 7.90. The molecule has 1 aliphatic heterocycles. The number of aromatic nitrogens is 1. The minimum atomic E-state index is -3.33. The monoisotopic (exact) mass is 510 g/mol. The Hall–Kier alpha value is -3.06. The first-order valence-corrected chi connectivity index (χ1v) is 13.2. The van der Waals surface area contributed by atoms with E-state index in [1.807, 2.05) is 54.6 Å². The highest BCUT2D eigenvalue weighted by atomic mass is 35.5. The minimum absolute atomic E-state index is 0.195. The summed E-state index contributed by atoms with van der Waals surface area (Å²) in [5.74, 6) is 0.686. The fourth-order valence-electron chi connectivity index (χ4n) is 4.53. The maximum atomic E-state index is 14.0. The third-order valence-electron chi connectivity index (χ3n) is 6.23. The van der Waals surface area contributed by atoms with Crippen molar-refractivity contribution in [2.45, 2.75) is 10.4 Å². The molecule has 172 valence electrons. The summed E-state index contributed by atoms with van der Waals surface area (Å²) in [7, 11) is -3.33. The Morgan fingerprint density at radius 1 is 0.794 bits per heavy atom. The Morgan fingerprint density at radius 2 is 1.32 bits per heavy atom. The molecule has 5 nitrogen and oxygen atoms in total. The maximum Gasteiger partial charge on any atom is 0.261 e. The van der Waals surface area contributed by atoms with E-state index >= 15 is 0 Å². The zero-order chi connectivity index (χ0) is 24.1. The number of pyridine rings is 1. The van der Waals surface area contributed by atoms with Gasteiger partial charge in [0.15, 0.2) is 9.84 Å². The van der Waals surface area contributed by atoms with Gasteiger partial charge in [0, 0.05) is 28.4 Å². The van der Waals surface area contributed by atoms with Crippen molar-refractivity contribution in [1.82, 2.24) is 4.57 Å². The van der Waals surface area contributed by atoms with Crippen LogP contribution in [0, 0.1) is 0 Å². The summed E-state index contributed by atoms with van der Waals surface area (Å²) in [5.41, 5.74) is 1.89. The molecule has 1 aromatic heterocycles. The molecular formula is C26H20Cl2N2O3S. The fraction of sp³-hybridized carbons (Fsp3) is 0.115. The molecule has 0 amide bonds. The maximum absolute atomic E-state index is 14.0. The quantitative estimate of drug-likeness (QED) is 0.396. The first kappa shape index (κ1) is 22.7. The molecule has 0 fully saturated rings. The molecule has 0 radical (unpaired) electrons. The molecule has 5 rings (SSSR count). The minimum Gasteiger partial charge on any atom is -0.368 e. The lowest BCUT2D eigenvalue weighted by Crippen LogP contribution is -2.42. The zero-order valence-corrected chi connectivity index (χ0v) is 20.5. The van der Waals surface area contributed by atoms with Crippen molar-refractivity contribution >= 4 is 38.9 Å². The van der Waals surface area contributed by atoms with Gasteiger partial charge in [0.1, 0.15) is 11.4 Å². The number of anilines is 1. The van der Waals surface area contributed by atoms with E-state index in [0.29, 0.717) is 33.5 Å². The highest BCUT2D eigenvalue weighted by Gasteiger charge is 2.43. The molecule has 2 heterocycles. The van der Waals surface area contributed by atoms with Gasteiger partial charge in [0.2, 0.25) is 0 Å². The van der Waals surface area contributed by atoms with E-state index in [0.717, 1.165) is 17.4 Å². The molecule has 1 N–H and O–H groups in total. The highest BCUT2D eigenvalue weighted by Crippen LogP contribution is 2.41. The molecule has 34 heavy (non-hydrogen) atoms. The molecule has 0 saturated heterocycles. The predicted molar refractivity (Wildman–Crippen MR) is 137 cm³/mol. The van der Waals surface area contributed by atoms with Gasteiger partial charge >= 0.3 is 0 Å². The summed E-state index contributed by atoms with van der Waals surface area (Å²) in [6.45, 7) is 0.460. The Kier molecular flexibility index (Phi) is 5.55. The van der Waals surface area contributed by atoms with Crippen LogP contribution in [0.25, 0.3) is 11.1 Å². The number of hydrogen-bond donors (Lipinski definition) is 1. The van der Waals surface area contributed by atoms with Crippen molar-refractivity contribution in [3.63, 3.8) is 0 Å². The van der Waals surface area contributed by atoms with Crippen LogP contribution in [-0.4, -0.2) is 25.8 Å². The van der Waals surface area contributed by atoms with Gasteiger partial charge in [-0.1, -0.05) is 59.6 Å². The molecular weight excluding hydrogens is 491 g/mol. The number of hydrogen-bond acceptors (Lipinski definition) is 4. The van der Waals surface area contributed by atoms with E-state index in [2.05, 4.69) is 5.32 Å². The second-order valence-electron chi connectivity index (χ2n) is 8.30. The van der Waals surface area contributed by atoms with Gasteiger partial charge in [-0.3, -0.25) is 9.36 Å². The Morgan fingerprint density at radius 3 is 1.82 bits per heavy atom. The van der Waals surface area contributed by atoms with Gasteiger partial charge in [-0.05, 0) is 65.2 Å². The van der Waals surface area contributed by atoms with Crippen LogP contribution in [0.15, 0.2) is 94.6 Å². The summed E-state index contributed by atoms with van der Waals surface area (Å²) in [4.78, 5) is 14.2. The standard InChI is InChI=1S/C26H20Cl2N2O3S/c1-34(32,33)22-12-2-17(3-13-22)23-14-15-24-29-16-26(30(24)25(23)31,18-4-8-20(27)9-5-18)19-6-10-21(28)11-7-19/h2-15,29H,16H2,1H3. The van der Waals surface area contributed by atoms with Crippen molar-refractivity contribution < 1.29 is 8.42 Å². The van der Waals surface area contributed by atoms with Gasteiger partial charge < -0.3 is 5.32 Å². The fourth-order valence-corrected chi connectivity index (χ4v) is 5.42. The van der Waals surface area contributed by atoms with Gasteiger partial charge in [-0.2, -0.15) is 0 Å². The number of sulfone groups is 1. The van der Waals surface area contributed by atoms with Gasteiger partial charge in [0.05, 0.1) is 4.90 Å². The van der Waals surface area contributed by atoms with E-state index in [-0.39, 0.29) is 10.5 Å². The Bertz CT molecular complexity index is 1500. The van der Waals surface area contributed by atoms with E-state index in [9.17, 15) is 13.2 Å². The van der Waals surface area contributed by atoms with Crippen LogP contribution in [0.4, 0.5) is 5.82 Å². The summed E-state index contributed by atoms with van der Waals surface area (Å²) < 4.78 is 25.5. The van der Waals surface area contributed by atoms with Gasteiger partial charge in [0.25, 0.3) is 5.56 Å². The average molecular weight is 511 g/mol.